The van der Waals surface area contributed by atoms with Crippen LogP contribution in [-0.2, 0) is 27.1 Å². The molecule has 33 heavy (non-hydrogen) atoms. The highest BCUT2D eigenvalue weighted by Crippen LogP contribution is 2.21. The van der Waals surface area contributed by atoms with Crippen LogP contribution in [-0.4, -0.2) is 78.8 Å². The number of H-pyrrole nitrogens is 1. The van der Waals surface area contributed by atoms with Crippen molar-refractivity contribution in [2.45, 2.75) is 31.5 Å². The highest BCUT2D eigenvalue weighted by molar-refractivity contribution is 7.82. The molecule has 3 N–H and O–H groups in total. The molecule has 2 heterocycles. The molecular weight excluding hydrogens is 442 g/mol. The molecule has 0 radical (unpaired) electrons. The third-order valence-electron chi connectivity index (χ3n) is 5.71. The van der Waals surface area contributed by atoms with Gasteiger partial charge in [-0.15, -0.1) is 6.58 Å². The smallest absolute Gasteiger partial charge is 0.327 e. The average molecular weight is 472 g/mol. The summed E-state index contributed by atoms with van der Waals surface area (Å²) in [7, 11) is 0.137. The molecule has 3 rings (SSSR count). The third-order valence-corrected chi connectivity index (χ3v) is 7.05. The van der Waals surface area contributed by atoms with Gasteiger partial charge in [0, 0.05) is 37.9 Å². The Morgan fingerprint density at radius 1 is 1.36 bits per heavy atom. The van der Waals surface area contributed by atoms with Gasteiger partial charge in [0.2, 0.25) is 5.91 Å². The lowest BCUT2D eigenvalue weighted by Gasteiger charge is -2.38. The first-order chi connectivity index (χ1) is 15.6. The maximum Gasteiger partial charge on any atom is 0.327 e. The summed E-state index contributed by atoms with van der Waals surface area (Å²) < 4.78 is 14.3. The third kappa shape index (κ3) is 5.40. The summed E-state index contributed by atoms with van der Waals surface area (Å²) in [5.41, 5.74) is 3.29. The molecule has 1 amide bonds. The molecule has 0 spiro atoms. The Hall–Kier alpha value is -3.24. The Labute approximate surface area is 195 Å². The summed E-state index contributed by atoms with van der Waals surface area (Å²) >= 11 is 0. The second kappa shape index (κ2) is 10.1. The van der Waals surface area contributed by atoms with Crippen LogP contribution in [0.25, 0.3) is 0 Å². The minimum absolute atomic E-state index is 0.0418. The molecule has 10 heteroatoms. The van der Waals surface area contributed by atoms with Crippen molar-refractivity contribution < 1.29 is 18.9 Å². The highest BCUT2D eigenvalue weighted by atomic mass is 32.2. The topological polar surface area (TPSA) is 121 Å². The SMILES string of the molecule is C=CCN(C)C(=N)c1ccc(CN2C(=O)CN(S(=O)c3cc(C)c(C)[nH]3)CC2C(=O)O)cc1. The van der Waals surface area contributed by atoms with Gasteiger partial charge in [0.05, 0.1) is 6.54 Å². The standard InChI is InChI=1S/C23H29N5O4S/c1-5-10-26(4)22(24)18-8-6-17(7-9-18)12-28-19(23(30)31)13-27(14-21(28)29)33(32)20-11-15(2)16(3)25-20/h5-9,11,19,24-25H,1,10,12-14H2,2-4H3,(H,30,31). The van der Waals surface area contributed by atoms with Crippen molar-refractivity contribution in [1.29, 1.82) is 5.41 Å². The molecule has 0 bridgehead atoms. The summed E-state index contributed by atoms with van der Waals surface area (Å²) in [6.07, 6.45) is 1.71. The van der Waals surface area contributed by atoms with E-state index in [0.29, 0.717) is 23.0 Å². The van der Waals surface area contributed by atoms with E-state index in [1.54, 1.807) is 48.4 Å². The van der Waals surface area contributed by atoms with E-state index in [1.807, 2.05) is 13.8 Å². The van der Waals surface area contributed by atoms with Gasteiger partial charge in [0.15, 0.2) is 0 Å². The first-order valence-corrected chi connectivity index (χ1v) is 11.6. The number of carbonyl (C=O) groups excluding carboxylic acids is 1. The molecule has 2 aromatic rings. The van der Waals surface area contributed by atoms with Crippen molar-refractivity contribution in [2.24, 2.45) is 0 Å². The molecule has 0 aliphatic carbocycles. The van der Waals surface area contributed by atoms with Crippen LogP contribution in [0.5, 0.6) is 0 Å². The fraction of sp³-hybridized carbons (Fsp3) is 0.348. The number of amidine groups is 1. The molecule has 2 unspecified atom stereocenters. The lowest BCUT2D eigenvalue weighted by molar-refractivity contribution is -0.154. The molecular formula is C23H29N5O4S. The first-order valence-electron chi connectivity index (χ1n) is 10.5. The Balaban J connectivity index is 1.74. The summed E-state index contributed by atoms with van der Waals surface area (Å²) in [5, 5.41) is 18.5. The zero-order valence-electron chi connectivity index (χ0n) is 19.0. The number of piperazine rings is 1. The minimum atomic E-state index is -1.66. The number of nitrogens with zero attached hydrogens (tertiary/aromatic N) is 3. The van der Waals surface area contributed by atoms with Crippen LogP contribution >= 0.6 is 0 Å². The number of amides is 1. The molecule has 1 saturated heterocycles. The van der Waals surface area contributed by atoms with Crippen LogP contribution in [0.1, 0.15) is 22.4 Å². The van der Waals surface area contributed by atoms with E-state index < -0.39 is 28.9 Å². The molecule has 1 aromatic carbocycles. The number of rotatable bonds is 8. The van der Waals surface area contributed by atoms with Crippen molar-refractivity contribution in [1.82, 2.24) is 19.1 Å². The number of hydrogen-bond acceptors (Lipinski definition) is 4. The number of aromatic nitrogens is 1. The number of aromatic amines is 1. The van der Waals surface area contributed by atoms with Crippen molar-refractivity contribution in [2.75, 3.05) is 26.7 Å². The molecule has 1 aliphatic heterocycles. The minimum Gasteiger partial charge on any atom is -0.480 e. The summed E-state index contributed by atoms with van der Waals surface area (Å²) in [4.78, 5) is 31.0. The molecule has 1 fully saturated rings. The monoisotopic (exact) mass is 471 g/mol. The normalized spacial score (nSPS) is 17.6. The van der Waals surface area contributed by atoms with E-state index in [4.69, 9.17) is 5.41 Å². The van der Waals surface area contributed by atoms with E-state index in [9.17, 15) is 18.9 Å². The zero-order valence-corrected chi connectivity index (χ0v) is 19.8. The van der Waals surface area contributed by atoms with Gasteiger partial charge in [-0.3, -0.25) is 10.2 Å². The quantitative estimate of drug-likeness (QED) is 0.308. The van der Waals surface area contributed by atoms with Crippen LogP contribution in [0.15, 0.2) is 48.0 Å². The van der Waals surface area contributed by atoms with E-state index in [1.165, 1.54) is 9.21 Å². The van der Waals surface area contributed by atoms with Crippen molar-refractivity contribution in [3.63, 3.8) is 0 Å². The number of benzene rings is 1. The largest absolute Gasteiger partial charge is 0.480 e. The van der Waals surface area contributed by atoms with Crippen LogP contribution < -0.4 is 0 Å². The highest BCUT2D eigenvalue weighted by Gasteiger charge is 2.39. The lowest BCUT2D eigenvalue weighted by Crippen LogP contribution is -2.59. The maximum atomic E-state index is 13.0. The van der Waals surface area contributed by atoms with Gasteiger partial charge < -0.3 is 19.9 Å². The zero-order chi connectivity index (χ0) is 24.3. The van der Waals surface area contributed by atoms with Gasteiger partial charge in [0.1, 0.15) is 27.9 Å². The summed E-state index contributed by atoms with van der Waals surface area (Å²) in [6, 6.07) is 7.75. The Morgan fingerprint density at radius 2 is 2.03 bits per heavy atom. The molecule has 176 valence electrons. The number of aliphatic carboxylic acids is 1. The number of carbonyl (C=O) groups is 2. The number of carboxylic acid groups (broad SMARTS) is 1. The fourth-order valence-electron chi connectivity index (χ4n) is 3.64. The Bertz CT molecular complexity index is 1080. The molecule has 1 aliphatic rings. The summed E-state index contributed by atoms with van der Waals surface area (Å²) in [6.45, 7) is 7.91. The Morgan fingerprint density at radius 3 is 2.58 bits per heavy atom. The van der Waals surface area contributed by atoms with E-state index in [0.717, 1.165) is 16.8 Å². The second-order valence-corrected chi connectivity index (χ2v) is 9.56. The van der Waals surface area contributed by atoms with Crippen LogP contribution in [0, 0.1) is 19.3 Å². The first kappa shape index (κ1) is 24.4. The predicted octanol–water partition coefficient (Wildman–Crippen LogP) is 1.89. The number of carboxylic acids is 1. The fourth-order valence-corrected chi connectivity index (χ4v) is 4.94. The van der Waals surface area contributed by atoms with Gasteiger partial charge in [0.25, 0.3) is 0 Å². The lowest BCUT2D eigenvalue weighted by atomic mass is 10.1. The number of nitrogens with one attached hydrogen (secondary N) is 2. The van der Waals surface area contributed by atoms with Crippen molar-refractivity contribution in [3.8, 4) is 0 Å². The predicted molar refractivity (Wildman–Crippen MR) is 126 cm³/mol. The Kier molecular flexibility index (Phi) is 7.50. The summed E-state index contributed by atoms with van der Waals surface area (Å²) in [5.74, 6) is -1.20. The molecule has 2 atom stereocenters. The average Bonchev–Trinajstić information content (AvgIpc) is 3.12. The van der Waals surface area contributed by atoms with Gasteiger partial charge in [-0.2, -0.15) is 0 Å². The number of aryl methyl sites for hydroxylation is 2. The van der Waals surface area contributed by atoms with E-state index in [2.05, 4.69) is 11.6 Å². The van der Waals surface area contributed by atoms with E-state index >= 15 is 0 Å². The van der Waals surface area contributed by atoms with Gasteiger partial charge >= 0.3 is 5.97 Å². The van der Waals surface area contributed by atoms with Crippen LogP contribution in [0.4, 0.5) is 0 Å². The van der Waals surface area contributed by atoms with Crippen LogP contribution in [0.3, 0.4) is 0 Å². The maximum absolute atomic E-state index is 13.0. The molecule has 1 aromatic heterocycles. The molecule has 9 nitrogen and oxygen atoms in total. The number of likely N-dealkylation sites (N-methyl/N-ethyl adjacent to an activating group) is 1. The van der Waals surface area contributed by atoms with Crippen LogP contribution in [0.2, 0.25) is 0 Å². The number of hydrogen-bond donors (Lipinski definition) is 3. The second-order valence-electron chi connectivity index (χ2n) is 8.10. The van der Waals surface area contributed by atoms with Gasteiger partial charge in [-0.1, -0.05) is 30.3 Å². The van der Waals surface area contributed by atoms with E-state index in [-0.39, 0.29) is 19.6 Å². The molecule has 0 saturated carbocycles. The van der Waals surface area contributed by atoms with Crippen molar-refractivity contribution >= 4 is 28.7 Å². The van der Waals surface area contributed by atoms with Gasteiger partial charge in [-0.25, -0.2) is 13.3 Å². The van der Waals surface area contributed by atoms with Crippen molar-refractivity contribution in [3.05, 3.63) is 65.4 Å². The van der Waals surface area contributed by atoms with Gasteiger partial charge in [-0.05, 0) is 31.0 Å².